The van der Waals surface area contributed by atoms with Crippen LogP contribution in [0.1, 0.15) is 25.1 Å². The SMILES string of the molecule is Cn1/c(=N/C#N)n(-c2ccc(C(C)(C)C#N)nc2)c2c3cc(-c4cnc(N)c(C(F)(F)F)c4)ccc3ncc21. The highest BCUT2D eigenvalue weighted by atomic mass is 19.4. The number of aromatic nitrogens is 5. The summed E-state index contributed by atoms with van der Waals surface area (Å²) in [6.45, 7) is 3.51. The van der Waals surface area contributed by atoms with Crippen LogP contribution in [0, 0.1) is 22.8 Å². The van der Waals surface area contributed by atoms with Crippen molar-refractivity contribution < 1.29 is 13.2 Å². The van der Waals surface area contributed by atoms with Gasteiger partial charge in [-0.05, 0) is 49.7 Å². The number of alkyl halides is 3. The fraction of sp³-hybridized carbons (Fsp3) is 0.185. The van der Waals surface area contributed by atoms with Crippen LogP contribution in [0.3, 0.4) is 0 Å². The average molecular weight is 528 g/mol. The van der Waals surface area contributed by atoms with Crippen LogP contribution in [0.5, 0.6) is 0 Å². The van der Waals surface area contributed by atoms with Crippen molar-refractivity contribution in [3.05, 3.63) is 71.9 Å². The summed E-state index contributed by atoms with van der Waals surface area (Å²) >= 11 is 0. The zero-order valence-electron chi connectivity index (χ0n) is 21.0. The molecule has 0 aliphatic rings. The first-order chi connectivity index (χ1) is 18.5. The predicted molar refractivity (Wildman–Crippen MR) is 138 cm³/mol. The first-order valence-electron chi connectivity index (χ1n) is 11.6. The van der Waals surface area contributed by atoms with Gasteiger partial charge in [-0.2, -0.15) is 23.7 Å². The molecule has 0 aliphatic carbocycles. The third-order valence-electron chi connectivity index (χ3n) is 6.54. The predicted octanol–water partition coefficient (Wildman–Crippen LogP) is 4.76. The van der Waals surface area contributed by atoms with Gasteiger partial charge in [0, 0.05) is 24.2 Å². The summed E-state index contributed by atoms with van der Waals surface area (Å²) in [7, 11) is 1.73. The van der Waals surface area contributed by atoms with Gasteiger partial charge in [0.05, 0.1) is 57.4 Å². The number of nitrogens with zero attached hydrogens (tertiary/aromatic N) is 8. The molecule has 9 nitrogen and oxygen atoms in total. The fourth-order valence-corrected chi connectivity index (χ4v) is 4.41. The highest BCUT2D eigenvalue weighted by molar-refractivity contribution is 6.04. The standard InChI is InChI=1S/C27H20F3N9/c1-26(2,13-31)22-7-5-17(11-35-22)39-23-18-8-15(16-9-19(27(28,29)30)24(33)36-10-16)4-6-20(18)34-12-21(23)38(3)25(39)37-14-32/h4-12H,1-3H3,(H2,33,36)/b37-25-. The first kappa shape index (κ1) is 25.4. The third kappa shape index (κ3) is 4.22. The van der Waals surface area contributed by atoms with Crippen molar-refractivity contribution in [1.82, 2.24) is 24.1 Å². The van der Waals surface area contributed by atoms with Crippen LogP contribution in [0.2, 0.25) is 0 Å². The van der Waals surface area contributed by atoms with E-state index in [-0.39, 0.29) is 11.2 Å². The zero-order valence-corrected chi connectivity index (χ0v) is 21.0. The van der Waals surface area contributed by atoms with Gasteiger partial charge < -0.3 is 10.3 Å². The lowest BCUT2D eigenvalue weighted by molar-refractivity contribution is -0.137. The number of anilines is 1. The number of benzene rings is 1. The maximum Gasteiger partial charge on any atom is 0.419 e. The number of hydrogen-bond donors (Lipinski definition) is 1. The Morgan fingerprint density at radius 3 is 2.36 bits per heavy atom. The minimum absolute atomic E-state index is 0.226. The fourth-order valence-electron chi connectivity index (χ4n) is 4.41. The maximum atomic E-state index is 13.5. The summed E-state index contributed by atoms with van der Waals surface area (Å²) in [5, 5.41) is 19.5. The molecule has 0 spiro atoms. The first-order valence-corrected chi connectivity index (χ1v) is 11.6. The minimum Gasteiger partial charge on any atom is -0.383 e. The van der Waals surface area contributed by atoms with E-state index in [0.29, 0.717) is 38.9 Å². The lowest BCUT2D eigenvalue weighted by Gasteiger charge is -2.15. The molecular weight excluding hydrogens is 507 g/mol. The maximum absolute atomic E-state index is 13.5. The molecule has 4 aromatic heterocycles. The van der Waals surface area contributed by atoms with E-state index >= 15 is 0 Å². The quantitative estimate of drug-likeness (QED) is 0.336. The smallest absolute Gasteiger partial charge is 0.383 e. The molecule has 0 amide bonds. The van der Waals surface area contributed by atoms with Gasteiger partial charge in [-0.15, -0.1) is 4.99 Å². The number of fused-ring (bicyclic) bond motifs is 3. The molecule has 194 valence electrons. The molecule has 0 saturated carbocycles. The Kier molecular flexibility index (Phi) is 5.84. The molecular formula is C27H20F3N9. The van der Waals surface area contributed by atoms with Gasteiger partial charge in [0.25, 0.3) is 0 Å². The second-order valence-corrected chi connectivity index (χ2v) is 9.42. The van der Waals surface area contributed by atoms with Crippen LogP contribution in [-0.4, -0.2) is 24.1 Å². The minimum atomic E-state index is -4.66. The van der Waals surface area contributed by atoms with Gasteiger partial charge in [0.2, 0.25) is 11.8 Å². The molecule has 0 bridgehead atoms. The number of rotatable bonds is 3. The molecule has 0 aliphatic heterocycles. The molecule has 0 atom stereocenters. The number of nitrogens with two attached hydrogens (primary N) is 1. The molecule has 0 fully saturated rings. The van der Waals surface area contributed by atoms with Crippen LogP contribution in [0.4, 0.5) is 19.0 Å². The van der Waals surface area contributed by atoms with Crippen LogP contribution < -0.4 is 11.4 Å². The second-order valence-electron chi connectivity index (χ2n) is 9.42. The molecule has 5 rings (SSSR count). The van der Waals surface area contributed by atoms with Crippen LogP contribution >= 0.6 is 0 Å². The second kappa shape index (κ2) is 8.96. The summed E-state index contributed by atoms with van der Waals surface area (Å²) in [5.41, 5.74) is 7.59. The average Bonchev–Trinajstić information content (AvgIpc) is 3.20. The lowest BCUT2D eigenvalue weighted by atomic mass is 9.91. The van der Waals surface area contributed by atoms with Gasteiger partial charge >= 0.3 is 6.18 Å². The summed E-state index contributed by atoms with van der Waals surface area (Å²) in [4.78, 5) is 16.8. The monoisotopic (exact) mass is 527 g/mol. The van der Waals surface area contributed by atoms with Crippen LogP contribution in [0.15, 0.2) is 60.0 Å². The van der Waals surface area contributed by atoms with Crippen LogP contribution in [0.25, 0.3) is 38.8 Å². The van der Waals surface area contributed by atoms with Gasteiger partial charge in [-0.3, -0.25) is 14.5 Å². The normalized spacial score (nSPS) is 12.6. The Labute approximate surface area is 219 Å². The molecule has 5 aromatic rings. The number of nitrogen functional groups attached to an aromatic ring is 1. The molecule has 12 heteroatoms. The van der Waals surface area contributed by atoms with Crippen molar-refractivity contribution in [2.45, 2.75) is 25.4 Å². The van der Waals surface area contributed by atoms with E-state index in [1.807, 2.05) is 6.19 Å². The molecule has 0 unspecified atom stereocenters. The number of halogens is 3. The molecule has 39 heavy (non-hydrogen) atoms. The Balaban J connectivity index is 1.82. The largest absolute Gasteiger partial charge is 0.419 e. The number of pyridine rings is 3. The summed E-state index contributed by atoms with van der Waals surface area (Å²) in [6, 6.07) is 11.8. The highest BCUT2D eigenvalue weighted by Crippen LogP contribution is 2.36. The van der Waals surface area contributed by atoms with Crippen molar-refractivity contribution >= 4 is 27.8 Å². The molecule has 0 radical (unpaired) electrons. The van der Waals surface area contributed by atoms with Gasteiger partial charge in [-0.25, -0.2) is 4.98 Å². The molecule has 1 aromatic carbocycles. The third-order valence-corrected chi connectivity index (χ3v) is 6.54. The Morgan fingerprint density at radius 1 is 0.949 bits per heavy atom. The summed E-state index contributed by atoms with van der Waals surface area (Å²) in [6.07, 6.45) is 1.67. The van der Waals surface area contributed by atoms with E-state index in [4.69, 9.17) is 5.73 Å². The number of aryl methyl sites for hydroxylation is 1. The van der Waals surface area contributed by atoms with E-state index in [1.54, 1.807) is 72.8 Å². The highest BCUT2D eigenvalue weighted by Gasteiger charge is 2.34. The molecule has 0 saturated heterocycles. The lowest BCUT2D eigenvalue weighted by Crippen LogP contribution is -2.23. The van der Waals surface area contributed by atoms with Gasteiger partial charge in [-0.1, -0.05) is 6.07 Å². The number of imidazole rings is 1. The number of nitriles is 2. The van der Waals surface area contributed by atoms with E-state index in [0.717, 1.165) is 6.07 Å². The Morgan fingerprint density at radius 2 is 1.72 bits per heavy atom. The van der Waals surface area contributed by atoms with Crippen molar-refractivity contribution in [3.8, 4) is 29.1 Å². The van der Waals surface area contributed by atoms with Crippen molar-refractivity contribution in [2.24, 2.45) is 12.0 Å². The van der Waals surface area contributed by atoms with Gasteiger partial charge in [0.1, 0.15) is 5.82 Å². The van der Waals surface area contributed by atoms with E-state index < -0.39 is 23.0 Å². The Hall–Kier alpha value is -5.23. The molecule has 4 heterocycles. The zero-order chi connectivity index (χ0) is 28.1. The number of hydrogen-bond acceptors (Lipinski definition) is 7. The summed E-state index contributed by atoms with van der Waals surface area (Å²) in [5.74, 6) is -0.602. The van der Waals surface area contributed by atoms with Crippen molar-refractivity contribution in [3.63, 3.8) is 0 Å². The van der Waals surface area contributed by atoms with Gasteiger partial charge in [0.15, 0.2) is 0 Å². The van der Waals surface area contributed by atoms with E-state index in [9.17, 15) is 23.7 Å². The van der Waals surface area contributed by atoms with Crippen LogP contribution in [-0.2, 0) is 18.6 Å². The van der Waals surface area contributed by atoms with Crippen molar-refractivity contribution in [1.29, 1.82) is 10.5 Å². The molecule has 2 N–H and O–H groups in total. The van der Waals surface area contributed by atoms with E-state index in [2.05, 4.69) is 26.0 Å². The topological polar surface area (TPSA) is 134 Å². The van der Waals surface area contributed by atoms with E-state index in [1.165, 1.54) is 6.20 Å². The van der Waals surface area contributed by atoms with Crippen molar-refractivity contribution in [2.75, 3.05) is 5.73 Å². The Bertz CT molecular complexity index is 1920. The summed E-state index contributed by atoms with van der Waals surface area (Å²) < 4.78 is 43.9.